The fraction of sp³-hybridized carbons (Fsp3) is 0.283. The summed E-state index contributed by atoms with van der Waals surface area (Å²) in [6.07, 6.45) is 24.8. The first-order chi connectivity index (χ1) is 25.8. The number of nitrogens with one attached hydrogen (secondary N) is 1. The van der Waals surface area contributed by atoms with Gasteiger partial charge in [-0.25, -0.2) is 15.0 Å². The van der Waals surface area contributed by atoms with Gasteiger partial charge in [0.15, 0.2) is 0 Å². The first kappa shape index (κ1) is 32.4. The zero-order valence-electron chi connectivity index (χ0n) is 29.8. The van der Waals surface area contributed by atoms with Gasteiger partial charge >= 0.3 is 0 Å². The van der Waals surface area contributed by atoms with Gasteiger partial charge in [-0.2, -0.15) is 0 Å². The van der Waals surface area contributed by atoms with Crippen LogP contribution in [0.25, 0.3) is 21.5 Å². The molecule has 0 saturated heterocycles. The monoisotopic (exact) mass is 682 g/mol. The predicted octanol–water partition coefficient (Wildman–Crippen LogP) is 11.9. The molecule has 4 heterocycles. The number of hydrogen-bond acceptors (Lipinski definition) is 6. The number of rotatable bonds is 8. The minimum atomic E-state index is 0.487. The van der Waals surface area contributed by atoms with Crippen molar-refractivity contribution in [3.63, 3.8) is 0 Å². The largest absolute Gasteiger partial charge is 0.368 e. The molecule has 6 heteroatoms. The molecule has 2 fully saturated rings. The molecule has 1 N–H and O–H groups in total. The molecule has 2 saturated carbocycles. The highest BCUT2D eigenvalue weighted by Crippen LogP contribution is 2.49. The number of benzene rings is 3. The summed E-state index contributed by atoms with van der Waals surface area (Å²) in [5.74, 6) is 4.70. The third-order valence-electron chi connectivity index (χ3n) is 11.4. The van der Waals surface area contributed by atoms with E-state index in [0.29, 0.717) is 11.8 Å². The lowest BCUT2D eigenvalue weighted by molar-refractivity contribution is 0.445. The van der Waals surface area contributed by atoms with Crippen LogP contribution in [0.15, 0.2) is 134 Å². The zero-order valence-corrected chi connectivity index (χ0v) is 29.8. The maximum atomic E-state index is 4.86. The van der Waals surface area contributed by atoms with E-state index in [0.717, 1.165) is 41.2 Å². The molecule has 0 bridgehead atoms. The minimum Gasteiger partial charge on any atom is -0.368 e. The number of allylic oxidation sites excluding steroid dienone is 2. The third-order valence-corrected chi connectivity index (χ3v) is 11.4. The number of anilines is 5. The third kappa shape index (κ3) is 6.21. The molecule has 0 unspecified atom stereocenters. The smallest absolute Gasteiger partial charge is 0.138 e. The van der Waals surface area contributed by atoms with Crippen LogP contribution in [0.4, 0.5) is 28.8 Å². The van der Waals surface area contributed by atoms with E-state index < -0.39 is 0 Å². The molecule has 0 atom stereocenters. The summed E-state index contributed by atoms with van der Waals surface area (Å²) in [4.78, 5) is 19.0. The minimum absolute atomic E-state index is 0.487. The van der Waals surface area contributed by atoms with Crippen molar-refractivity contribution in [2.45, 2.75) is 76.0 Å². The normalized spacial score (nSPS) is 16.8. The van der Waals surface area contributed by atoms with Crippen molar-refractivity contribution >= 4 is 50.4 Å². The SMILES string of the molecule is C1=CCNC(N(c2ccc3c(C4CCCCC4)c4ccc(N(c5ccccn5)c5ccccn5)cc4c(C4CCCCC4)c3c2)c2ccccn2)=C1. The molecular formula is C46H46N6. The first-order valence-electron chi connectivity index (χ1n) is 19.3. The topological polar surface area (TPSA) is 57.2 Å². The highest BCUT2D eigenvalue weighted by atomic mass is 15.3. The summed E-state index contributed by atoms with van der Waals surface area (Å²) >= 11 is 0. The quantitative estimate of drug-likeness (QED) is 0.161. The van der Waals surface area contributed by atoms with Crippen molar-refractivity contribution in [3.8, 4) is 0 Å². The summed E-state index contributed by atoms with van der Waals surface area (Å²) in [6.45, 7) is 0.790. The van der Waals surface area contributed by atoms with Gasteiger partial charge in [0.05, 0.1) is 0 Å². The molecule has 3 aromatic heterocycles. The second-order valence-electron chi connectivity index (χ2n) is 14.6. The van der Waals surface area contributed by atoms with Gasteiger partial charge in [0.1, 0.15) is 23.3 Å². The molecule has 9 rings (SSSR count). The van der Waals surface area contributed by atoms with E-state index >= 15 is 0 Å². The molecule has 1 aliphatic heterocycles. The second-order valence-corrected chi connectivity index (χ2v) is 14.6. The summed E-state index contributed by atoms with van der Waals surface area (Å²) in [5.41, 5.74) is 5.25. The lowest BCUT2D eigenvalue weighted by atomic mass is 9.74. The molecule has 0 amide bonds. The lowest BCUT2D eigenvalue weighted by Gasteiger charge is -2.32. The molecule has 52 heavy (non-hydrogen) atoms. The number of fused-ring (bicyclic) bond motifs is 2. The number of hydrogen-bond donors (Lipinski definition) is 1. The Bertz CT molecular complexity index is 2180. The lowest BCUT2D eigenvalue weighted by Crippen LogP contribution is -2.30. The molecule has 6 nitrogen and oxygen atoms in total. The zero-order chi connectivity index (χ0) is 34.7. The van der Waals surface area contributed by atoms with Crippen LogP contribution < -0.4 is 15.1 Å². The summed E-state index contributed by atoms with van der Waals surface area (Å²) < 4.78 is 0. The Hall–Kier alpha value is -5.49. The van der Waals surface area contributed by atoms with Crippen molar-refractivity contribution in [2.75, 3.05) is 16.3 Å². The van der Waals surface area contributed by atoms with Gasteiger partial charge in [-0.15, -0.1) is 0 Å². The van der Waals surface area contributed by atoms with E-state index in [1.165, 1.54) is 96.9 Å². The van der Waals surface area contributed by atoms with Crippen LogP contribution in [0.2, 0.25) is 0 Å². The van der Waals surface area contributed by atoms with Gasteiger partial charge in [-0.3, -0.25) is 9.80 Å². The van der Waals surface area contributed by atoms with Crippen LogP contribution in [0.3, 0.4) is 0 Å². The van der Waals surface area contributed by atoms with Crippen molar-refractivity contribution < 1.29 is 0 Å². The highest BCUT2D eigenvalue weighted by molar-refractivity contribution is 6.09. The summed E-state index contributed by atoms with van der Waals surface area (Å²) in [6, 6.07) is 32.9. The van der Waals surface area contributed by atoms with Gasteiger partial charge in [-0.1, -0.05) is 81.0 Å². The second kappa shape index (κ2) is 14.6. The van der Waals surface area contributed by atoms with Gasteiger partial charge in [-0.05, 0) is 137 Å². The van der Waals surface area contributed by atoms with Crippen molar-refractivity contribution in [2.24, 2.45) is 0 Å². The van der Waals surface area contributed by atoms with Gasteiger partial charge in [0.2, 0.25) is 0 Å². The average molecular weight is 683 g/mol. The average Bonchev–Trinajstić information content (AvgIpc) is 3.22. The molecule has 0 spiro atoms. The van der Waals surface area contributed by atoms with Crippen LogP contribution in [-0.2, 0) is 0 Å². The van der Waals surface area contributed by atoms with E-state index in [1.54, 1.807) is 0 Å². The van der Waals surface area contributed by atoms with Crippen LogP contribution in [0.1, 0.15) is 87.2 Å². The molecule has 0 radical (unpaired) electrons. The predicted molar refractivity (Wildman–Crippen MR) is 215 cm³/mol. The molecule has 3 aliphatic rings. The van der Waals surface area contributed by atoms with Crippen LogP contribution >= 0.6 is 0 Å². The van der Waals surface area contributed by atoms with Crippen LogP contribution in [0, 0.1) is 0 Å². The Kier molecular flexibility index (Phi) is 9.12. The van der Waals surface area contributed by atoms with Crippen molar-refractivity contribution in [3.05, 3.63) is 145 Å². The summed E-state index contributed by atoms with van der Waals surface area (Å²) in [7, 11) is 0. The number of pyridine rings is 3. The maximum Gasteiger partial charge on any atom is 0.138 e. The standard InChI is InChI=1S/C46H46N6/c1-3-15-33(16-4-1)45-37-25-23-35(51(41-19-7-11-27-47-41)42-20-8-12-28-48-42)31-39(37)46(34-17-5-2-6-18-34)40-32-36(24-26-38(40)45)52(43-21-9-13-29-49-43)44-22-10-14-30-50-44/h7-14,19-29,31-34,50H,1-6,15-18,30H2. The van der Waals surface area contributed by atoms with E-state index in [4.69, 9.17) is 15.0 Å². The molecule has 3 aromatic carbocycles. The Morgan fingerprint density at radius 2 is 0.981 bits per heavy atom. The maximum absolute atomic E-state index is 4.86. The van der Waals surface area contributed by atoms with E-state index in [9.17, 15) is 0 Å². The van der Waals surface area contributed by atoms with Crippen molar-refractivity contribution in [1.29, 1.82) is 0 Å². The molecular weight excluding hydrogens is 637 g/mol. The van der Waals surface area contributed by atoms with Crippen LogP contribution in [-0.4, -0.2) is 21.5 Å². The van der Waals surface area contributed by atoms with Gasteiger partial charge in [0.25, 0.3) is 0 Å². The number of aromatic nitrogens is 3. The van der Waals surface area contributed by atoms with Crippen LogP contribution in [0.5, 0.6) is 0 Å². The first-order valence-corrected chi connectivity index (χ1v) is 19.3. The Morgan fingerprint density at radius 3 is 1.44 bits per heavy atom. The molecule has 2 aliphatic carbocycles. The Morgan fingerprint density at radius 1 is 0.500 bits per heavy atom. The fourth-order valence-corrected chi connectivity index (χ4v) is 9.05. The Labute approximate surface area is 307 Å². The molecule has 6 aromatic rings. The van der Waals surface area contributed by atoms with Crippen molar-refractivity contribution in [1.82, 2.24) is 20.3 Å². The van der Waals surface area contributed by atoms with Gasteiger partial charge in [0, 0.05) is 36.5 Å². The fourth-order valence-electron chi connectivity index (χ4n) is 9.05. The summed E-state index contributed by atoms with van der Waals surface area (Å²) in [5, 5.41) is 9.25. The van der Waals surface area contributed by atoms with E-state index in [-0.39, 0.29) is 0 Å². The Balaban J connectivity index is 1.33. The number of nitrogens with zero attached hydrogens (tertiary/aromatic N) is 5. The highest BCUT2D eigenvalue weighted by Gasteiger charge is 2.29. The van der Waals surface area contributed by atoms with E-state index in [1.807, 2.05) is 36.8 Å². The molecule has 260 valence electrons. The van der Waals surface area contributed by atoms with E-state index in [2.05, 4.69) is 106 Å². The number of dihydropyridines is 1. The van der Waals surface area contributed by atoms with Gasteiger partial charge < -0.3 is 5.32 Å².